The van der Waals surface area contributed by atoms with Gasteiger partial charge in [-0.1, -0.05) is 0 Å². The minimum Gasteiger partial charge on any atom is -0.624 e. The predicted octanol–water partition coefficient (Wildman–Crippen LogP) is 0.323. The summed E-state index contributed by atoms with van der Waals surface area (Å²) in [5.74, 6) is 0. The zero-order valence-electron chi connectivity index (χ0n) is 6.16. The number of hydroxylamine groups is 1. The van der Waals surface area contributed by atoms with Gasteiger partial charge in [0.25, 0.3) is 0 Å². The SMILES string of the molecule is CC(N)/C=[N+](\[O-])C(C)C. The Hall–Kier alpha value is -0.570. The van der Waals surface area contributed by atoms with Gasteiger partial charge in [0.1, 0.15) is 0 Å². The van der Waals surface area contributed by atoms with Crippen molar-refractivity contribution in [2.24, 2.45) is 5.73 Å². The predicted molar refractivity (Wildman–Crippen MR) is 38.5 cm³/mol. The lowest BCUT2D eigenvalue weighted by Crippen LogP contribution is -2.25. The fraction of sp³-hybridized carbons (Fsp3) is 0.833. The molecule has 0 aromatic carbocycles. The van der Waals surface area contributed by atoms with E-state index in [1.165, 1.54) is 6.21 Å². The molecule has 0 aliphatic rings. The van der Waals surface area contributed by atoms with Gasteiger partial charge in [0.2, 0.25) is 0 Å². The fourth-order valence-electron chi connectivity index (χ4n) is 0.404. The molecule has 2 N–H and O–H groups in total. The van der Waals surface area contributed by atoms with E-state index in [-0.39, 0.29) is 12.1 Å². The third-order valence-corrected chi connectivity index (χ3v) is 0.891. The Balaban J connectivity index is 3.84. The molecular formula is C6H14N2O. The summed E-state index contributed by atoms with van der Waals surface area (Å²) in [6, 6.07) is -0.152. The molecule has 0 bridgehead atoms. The van der Waals surface area contributed by atoms with Crippen LogP contribution in [0.5, 0.6) is 0 Å². The van der Waals surface area contributed by atoms with Crippen molar-refractivity contribution >= 4 is 6.21 Å². The molecule has 0 aromatic rings. The van der Waals surface area contributed by atoms with Crippen molar-refractivity contribution < 1.29 is 4.74 Å². The summed E-state index contributed by atoms with van der Waals surface area (Å²) in [5.41, 5.74) is 5.33. The molecule has 9 heavy (non-hydrogen) atoms. The maximum absolute atomic E-state index is 10.7. The van der Waals surface area contributed by atoms with E-state index in [0.29, 0.717) is 0 Å². The van der Waals surface area contributed by atoms with Gasteiger partial charge >= 0.3 is 0 Å². The van der Waals surface area contributed by atoms with Crippen LogP contribution in [0.25, 0.3) is 0 Å². The van der Waals surface area contributed by atoms with Crippen molar-refractivity contribution in [2.45, 2.75) is 32.9 Å². The highest BCUT2D eigenvalue weighted by atomic mass is 16.5. The van der Waals surface area contributed by atoms with Gasteiger partial charge in [-0.2, -0.15) is 0 Å². The average Bonchev–Trinajstić information content (AvgIpc) is 1.63. The second-order valence-corrected chi connectivity index (χ2v) is 2.46. The fourth-order valence-corrected chi connectivity index (χ4v) is 0.404. The average molecular weight is 130 g/mol. The first-order valence-electron chi connectivity index (χ1n) is 3.10. The second-order valence-electron chi connectivity index (χ2n) is 2.46. The molecule has 0 amide bonds. The highest BCUT2D eigenvalue weighted by molar-refractivity contribution is 5.57. The Morgan fingerprint density at radius 3 is 2.00 bits per heavy atom. The van der Waals surface area contributed by atoms with Crippen molar-refractivity contribution in [1.82, 2.24) is 0 Å². The Morgan fingerprint density at radius 1 is 1.44 bits per heavy atom. The van der Waals surface area contributed by atoms with E-state index >= 15 is 0 Å². The van der Waals surface area contributed by atoms with Crippen LogP contribution in [0.4, 0.5) is 0 Å². The molecule has 0 saturated heterocycles. The topological polar surface area (TPSA) is 52.1 Å². The molecule has 0 spiro atoms. The first-order valence-corrected chi connectivity index (χ1v) is 3.10. The largest absolute Gasteiger partial charge is 0.624 e. The molecule has 0 radical (unpaired) electrons. The van der Waals surface area contributed by atoms with Crippen LogP contribution in [-0.4, -0.2) is 23.0 Å². The zero-order valence-corrected chi connectivity index (χ0v) is 6.16. The van der Waals surface area contributed by atoms with Crippen molar-refractivity contribution in [3.05, 3.63) is 5.21 Å². The highest BCUT2D eigenvalue weighted by Gasteiger charge is 2.00. The smallest absolute Gasteiger partial charge is 0.167 e. The molecule has 3 nitrogen and oxygen atoms in total. The van der Waals surface area contributed by atoms with E-state index in [1.54, 1.807) is 6.92 Å². The first kappa shape index (κ1) is 8.43. The van der Waals surface area contributed by atoms with E-state index in [9.17, 15) is 5.21 Å². The van der Waals surface area contributed by atoms with Crippen LogP contribution in [0.2, 0.25) is 0 Å². The molecule has 0 aliphatic heterocycles. The van der Waals surface area contributed by atoms with E-state index in [1.807, 2.05) is 13.8 Å². The van der Waals surface area contributed by atoms with Gasteiger partial charge in [0, 0.05) is 0 Å². The lowest BCUT2D eigenvalue weighted by molar-refractivity contribution is -0.488. The van der Waals surface area contributed by atoms with Crippen LogP contribution in [-0.2, 0) is 0 Å². The molecule has 0 heterocycles. The van der Waals surface area contributed by atoms with Gasteiger partial charge in [0.15, 0.2) is 12.3 Å². The molecule has 3 heteroatoms. The maximum Gasteiger partial charge on any atom is 0.167 e. The van der Waals surface area contributed by atoms with Crippen LogP contribution >= 0.6 is 0 Å². The van der Waals surface area contributed by atoms with Crippen molar-refractivity contribution in [3.63, 3.8) is 0 Å². The Labute approximate surface area is 55.8 Å². The third-order valence-electron chi connectivity index (χ3n) is 0.891. The summed E-state index contributed by atoms with van der Waals surface area (Å²) in [6.45, 7) is 5.42. The first-order chi connectivity index (χ1) is 4.04. The highest BCUT2D eigenvalue weighted by Crippen LogP contribution is 1.83. The molecule has 0 aliphatic carbocycles. The summed E-state index contributed by atoms with van der Waals surface area (Å²) < 4.78 is 0.866. The Bertz CT molecular complexity index is 108. The summed E-state index contributed by atoms with van der Waals surface area (Å²) in [6.07, 6.45) is 1.46. The number of rotatable bonds is 2. The minimum absolute atomic E-state index is 0.00370. The maximum atomic E-state index is 10.7. The van der Waals surface area contributed by atoms with Crippen LogP contribution in [0.15, 0.2) is 0 Å². The van der Waals surface area contributed by atoms with Crippen molar-refractivity contribution in [2.75, 3.05) is 0 Å². The van der Waals surface area contributed by atoms with Crippen molar-refractivity contribution in [3.8, 4) is 0 Å². The number of hydrogen-bond donors (Lipinski definition) is 1. The molecule has 0 rings (SSSR count). The summed E-state index contributed by atoms with van der Waals surface area (Å²) >= 11 is 0. The normalized spacial score (nSPS) is 16.3. The van der Waals surface area contributed by atoms with Gasteiger partial charge in [-0.05, 0) is 20.8 Å². The standard InChI is InChI=1S/C6H14N2O/c1-5(2)8(9)4-6(3)7/h4-6H,7H2,1-3H3/b8-4-. The monoisotopic (exact) mass is 130 g/mol. The van der Waals surface area contributed by atoms with Crippen LogP contribution < -0.4 is 5.73 Å². The van der Waals surface area contributed by atoms with Crippen LogP contribution in [0.3, 0.4) is 0 Å². The van der Waals surface area contributed by atoms with Crippen LogP contribution in [0, 0.1) is 5.21 Å². The molecule has 0 aromatic heterocycles. The van der Waals surface area contributed by atoms with E-state index in [0.717, 1.165) is 4.74 Å². The number of hydrogen-bond acceptors (Lipinski definition) is 2. The van der Waals surface area contributed by atoms with Gasteiger partial charge in [-0.3, -0.25) is 0 Å². The second kappa shape index (κ2) is 3.45. The number of nitrogens with two attached hydrogens (primary N) is 1. The summed E-state index contributed by atoms with van der Waals surface area (Å²) in [7, 11) is 0. The summed E-state index contributed by atoms with van der Waals surface area (Å²) in [5, 5.41) is 10.7. The Morgan fingerprint density at radius 2 is 1.89 bits per heavy atom. The molecule has 54 valence electrons. The lowest BCUT2D eigenvalue weighted by atomic mass is 10.4. The molecule has 0 saturated carbocycles. The minimum atomic E-state index is -0.148. The lowest BCUT2D eigenvalue weighted by Gasteiger charge is -2.07. The van der Waals surface area contributed by atoms with Crippen molar-refractivity contribution in [1.29, 1.82) is 0 Å². The van der Waals surface area contributed by atoms with Crippen LogP contribution in [0.1, 0.15) is 20.8 Å². The van der Waals surface area contributed by atoms with Gasteiger partial charge in [-0.25, -0.2) is 4.74 Å². The molecule has 1 atom stereocenters. The van der Waals surface area contributed by atoms with E-state index < -0.39 is 0 Å². The molecule has 0 fully saturated rings. The molecular weight excluding hydrogens is 116 g/mol. The van der Waals surface area contributed by atoms with E-state index in [2.05, 4.69) is 0 Å². The van der Waals surface area contributed by atoms with E-state index in [4.69, 9.17) is 5.73 Å². The quantitative estimate of drug-likeness (QED) is 0.253. The number of nitrogens with zero attached hydrogens (tertiary/aromatic N) is 1. The summed E-state index contributed by atoms with van der Waals surface area (Å²) in [4.78, 5) is 0. The van der Waals surface area contributed by atoms with Gasteiger partial charge in [-0.15, -0.1) is 0 Å². The van der Waals surface area contributed by atoms with Gasteiger partial charge in [0.05, 0.1) is 6.04 Å². The zero-order chi connectivity index (χ0) is 7.44. The third kappa shape index (κ3) is 3.97. The Kier molecular flexibility index (Phi) is 3.24. The molecule has 1 unspecified atom stereocenters. The van der Waals surface area contributed by atoms with Gasteiger partial charge < -0.3 is 10.9 Å².